The van der Waals surface area contributed by atoms with Crippen molar-refractivity contribution in [2.24, 2.45) is 0 Å². The topological polar surface area (TPSA) is 77.8 Å². The molecule has 3 N–H and O–H groups in total. The summed E-state index contributed by atoms with van der Waals surface area (Å²) in [6, 6.07) is 0. The Balaban J connectivity index is -0.0000000208. The van der Waals surface area contributed by atoms with E-state index in [4.69, 9.17) is 19.2 Å². The van der Waals surface area contributed by atoms with Crippen molar-refractivity contribution in [3.8, 4) is 0 Å². The van der Waals surface area contributed by atoms with Crippen molar-refractivity contribution in [3.05, 3.63) is 0 Å². The molecule has 0 aliphatic carbocycles. The normalized spacial score (nSPS) is 9.50. The summed E-state index contributed by atoms with van der Waals surface area (Å²) in [6.45, 7) is 4.57. The summed E-state index contributed by atoms with van der Waals surface area (Å²) in [5, 5.41) is 0. The SMILES string of the molecule is CCCCCCCCCCCCCC.O=P(O)(O)O.[H-].[H-].[H-].[H-].[H-].[H-].[Mg+2].[Mg+2].[Mg+2]. The van der Waals surface area contributed by atoms with Crippen molar-refractivity contribution in [1.82, 2.24) is 0 Å². The third kappa shape index (κ3) is 57.1. The quantitative estimate of drug-likeness (QED) is 0.286. The van der Waals surface area contributed by atoms with Gasteiger partial charge < -0.3 is 23.2 Å². The second-order valence-electron chi connectivity index (χ2n) is 5.05. The minimum Gasteiger partial charge on any atom is -1.00 e. The summed E-state index contributed by atoms with van der Waals surface area (Å²) in [4.78, 5) is 21.6. The fourth-order valence-corrected chi connectivity index (χ4v) is 1.91. The molecule has 0 unspecified atom stereocenters. The van der Waals surface area contributed by atoms with E-state index >= 15 is 0 Å². The van der Waals surface area contributed by atoms with Gasteiger partial charge in [-0.05, 0) is 0 Å². The molecule has 0 amide bonds. The molecule has 0 aromatic carbocycles. The molecule has 0 rings (SSSR count). The molecule has 0 heterocycles. The van der Waals surface area contributed by atoms with Gasteiger partial charge in [0.05, 0.1) is 0 Å². The van der Waals surface area contributed by atoms with Crippen LogP contribution in [-0.2, 0) is 4.57 Å². The Labute approximate surface area is 194 Å². The monoisotopic (exact) mass is 374 g/mol. The summed E-state index contributed by atoms with van der Waals surface area (Å²) in [5.74, 6) is 0. The Morgan fingerprint density at radius 3 is 0.864 bits per heavy atom. The van der Waals surface area contributed by atoms with Gasteiger partial charge >= 0.3 is 77.0 Å². The number of unbranched alkanes of at least 4 members (excludes halogenated alkanes) is 11. The Morgan fingerprint density at radius 2 is 0.727 bits per heavy atom. The first kappa shape index (κ1) is 35.5. The molecule has 0 saturated heterocycles. The molecule has 130 valence electrons. The van der Waals surface area contributed by atoms with Crippen LogP contribution in [0.3, 0.4) is 0 Å². The smallest absolute Gasteiger partial charge is 1.00 e. The van der Waals surface area contributed by atoms with Crippen LogP contribution in [-0.4, -0.2) is 83.8 Å². The standard InChI is InChI=1S/C14H30.3Mg.H3O4P.6H/c1-3-5-7-9-11-13-14-12-10-8-6-4-2;;;;1-5(2,3)4;;;;;;/h3-14H2,1-2H3;;;;(H3,1,2,3,4);;;;;;/q;3*+2;;6*-1. The molecule has 0 saturated carbocycles. The van der Waals surface area contributed by atoms with Crippen LogP contribution in [0.15, 0.2) is 0 Å². The molecule has 0 atom stereocenters. The molecule has 0 aromatic heterocycles. The molecule has 0 aromatic rings. The van der Waals surface area contributed by atoms with E-state index in [-0.39, 0.29) is 77.7 Å². The third-order valence-electron chi connectivity index (χ3n) is 2.96. The maximum absolute atomic E-state index is 8.88. The molecule has 0 fully saturated rings. The van der Waals surface area contributed by atoms with E-state index in [9.17, 15) is 0 Å². The number of rotatable bonds is 11. The summed E-state index contributed by atoms with van der Waals surface area (Å²) < 4.78 is 8.88. The van der Waals surface area contributed by atoms with Crippen LogP contribution >= 0.6 is 7.82 Å². The largest absolute Gasteiger partial charge is 2.00 e. The van der Waals surface area contributed by atoms with E-state index in [0.29, 0.717) is 0 Å². The average Bonchev–Trinajstić information content (AvgIpc) is 2.29. The summed E-state index contributed by atoms with van der Waals surface area (Å²) >= 11 is 0. The van der Waals surface area contributed by atoms with E-state index in [1.165, 1.54) is 77.0 Å². The first-order chi connectivity index (χ1) is 8.91. The Bertz CT molecular complexity index is 217. The summed E-state index contributed by atoms with van der Waals surface area (Å²) in [7, 11) is -4.64. The number of phosphoric acid groups is 1. The zero-order chi connectivity index (χ0) is 15.0. The van der Waals surface area contributed by atoms with Gasteiger partial charge in [-0.25, -0.2) is 4.57 Å². The second kappa shape index (κ2) is 28.2. The zero-order valence-corrected chi connectivity index (χ0v) is 19.9. The van der Waals surface area contributed by atoms with E-state index in [0.717, 1.165) is 0 Å². The first-order valence-electron chi connectivity index (χ1n) is 7.70. The van der Waals surface area contributed by atoms with Gasteiger partial charge in [0.2, 0.25) is 0 Å². The van der Waals surface area contributed by atoms with Crippen molar-refractivity contribution in [2.45, 2.75) is 90.9 Å². The second-order valence-corrected chi connectivity index (χ2v) is 6.08. The van der Waals surface area contributed by atoms with E-state index < -0.39 is 7.82 Å². The van der Waals surface area contributed by atoms with Crippen molar-refractivity contribution < 1.29 is 27.8 Å². The van der Waals surface area contributed by atoms with Gasteiger partial charge in [0.25, 0.3) is 0 Å². The molecular weight excluding hydrogens is 336 g/mol. The third-order valence-corrected chi connectivity index (χ3v) is 2.96. The fraction of sp³-hybridized carbons (Fsp3) is 1.00. The molecule has 4 nitrogen and oxygen atoms in total. The van der Waals surface area contributed by atoms with Crippen LogP contribution < -0.4 is 0 Å². The average molecular weight is 375 g/mol. The molecule has 0 aliphatic heterocycles. The molecular formula is C14H39Mg3O4P. The predicted octanol–water partition coefficient (Wildman–Crippen LogP) is 4.31. The Morgan fingerprint density at radius 1 is 0.591 bits per heavy atom. The molecule has 8 heteroatoms. The van der Waals surface area contributed by atoms with Crippen molar-refractivity contribution in [2.75, 3.05) is 0 Å². The predicted molar refractivity (Wildman–Crippen MR) is 105 cm³/mol. The van der Waals surface area contributed by atoms with Crippen molar-refractivity contribution in [3.63, 3.8) is 0 Å². The minimum absolute atomic E-state index is 0. The Hall–Kier alpha value is 2.41. The van der Waals surface area contributed by atoms with Gasteiger partial charge in [0, 0.05) is 0 Å². The fourth-order valence-electron chi connectivity index (χ4n) is 1.91. The molecule has 0 bridgehead atoms. The Kier molecular flexibility index (Phi) is 45.5. The molecule has 0 aliphatic rings. The number of hydrogen-bond acceptors (Lipinski definition) is 1. The van der Waals surface area contributed by atoms with Crippen LogP contribution in [0.25, 0.3) is 0 Å². The van der Waals surface area contributed by atoms with Gasteiger partial charge in [-0.1, -0.05) is 90.9 Å². The molecule has 22 heavy (non-hydrogen) atoms. The van der Waals surface area contributed by atoms with Gasteiger partial charge in [0.15, 0.2) is 0 Å². The molecule has 0 radical (unpaired) electrons. The zero-order valence-electron chi connectivity index (χ0n) is 20.8. The minimum atomic E-state index is -4.64. The summed E-state index contributed by atoms with van der Waals surface area (Å²) in [5.41, 5.74) is 0. The first-order valence-corrected chi connectivity index (χ1v) is 9.26. The van der Waals surface area contributed by atoms with E-state index in [1.54, 1.807) is 0 Å². The van der Waals surface area contributed by atoms with E-state index in [1.807, 2.05) is 0 Å². The van der Waals surface area contributed by atoms with Crippen molar-refractivity contribution in [1.29, 1.82) is 0 Å². The van der Waals surface area contributed by atoms with Crippen LogP contribution in [0.5, 0.6) is 0 Å². The van der Waals surface area contributed by atoms with Crippen LogP contribution in [0.2, 0.25) is 0 Å². The van der Waals surface area contributed by atoms with Gasteiger partial charge in [-0.15, -0.1) is 0 Å². The number of hydrogen-bond donors (Lipinski definition) is 3. The van der Waals surface area contributed by atoms with Gasteiger partial charge in [-0.2, -0.15) is 0 Å². The van der Waals surface area contributed by atoms with Crippen LogP contribution in [0, 0.1) is 0 Å². The maximum atomic E-state index is 8.88. The summed E-state index contributed by atoms with van der Waals surface area (Å²) in [6.07, 6.45) is 17.4. The van der Waals surface area contributed by atoms with E-state index in [2.05, 4.69) is 13.8 Å². The van der Waals surface area contributed by atoms with Crippen LogP contribution in [0.1, 0.15) is 99.5 Å². The van der Waals surface area contributed by atoms with Gasteiger partial charge in [-0.3, -0.25) is 0 Å². The maximum Gasteiger partial charge on any atom is 2.00 e. The molecule has 0 spiro atoms. The van der Waals surface area contributed by atoms with Gasteiger partial charge in [0.1, 0.15) is 0 Å². The van der Waals surface area contributed by atoms with Crippen molar-refractivity contribution >= 4 is 77.0 Å². The van der Waals surface area contributed by atoms with Crippen LogP contribution in [0.4, 0.5) is 0 Å².